The summed E-state index contributed by atoms with van der Waals surface area (Å²) in [6, 6.07) is 6.00. The van der Waals surface area contributed by atoms with Crippen molar-refractivity contribution in [3.05, 3.63) is 35.5 Å². The van der Waals surface area contributed by atoms with E-state index in [0.29, 0.717) is 37.8 Å². The zero-order valence-electron chi connectivity index (χ0n) is 14.9. The topological polar surface area (TPSA) is 86.5 Å². The zero-order valence-corrected chi connectivity index (χ0v) is 14.9. The summed E-state index contributed by atoms with van der Waals surface area (Å²) >= 11 is 0. The maximum absolute atomic E-state index is 12.6. The number of carbonyl (C=O) groups excluding carboxylic acids is 1. The van der Waals surface area contributed by atoms with Crippen molar-refractivity contribution in [1.29, 1.82) is 0 Å². The third-order valence-corrected chi connectivity index (χ3v) is 5.07. The van der Waals surface area contributed by atoms with Crippen molar-refractivity contribution in [1.82, 2.24) is 15.5 Å². The van der Waals surface area contributed by atoms with Gasteiger partial charge in [-0.15, -0.1) is 0 Å². The molecule has 0 saturated heterocycles. The minimum absolute atomic E-state index is 0.00218. The molecule has 7 nitrogen and oxygen atoms in total. The molecule has 1 amide bonds. The Bertz CT molecular complexity index is 796. The maximum Gasteiger partial charge on any atom is 0.227 e. The Hall–Kier alpha value is -2.57. The molecule has 138 valence electrons. The molecule has 2 aromatic rings. The Morgan fingerprint density at radius 1 is 1.19 bits per heavy atom. The normalized spacial score (nSPS) is 17.9. The van der Waals surface area contributed by atoms with Crippen LogP contribution in [0.1, 0.15) is 49.4 Å². The van der Waals surface area contributed by atoms with Gasteiger partial charge < -0.3 is 19.3 Å². The van der Waals surface area contributed by atoms with Crippen LogP contribution in [-0.4, -0.2) is 29.3 Å². The van der Waals surface area contributed by atoms with E-state index < -0.39 is 0 Å². The third-order valence-electron chi connectivity index (χ3n) is 5.07. The van der Waals surface area contributed by atoms with Gasteiger partial charge in [-0.1, -0.05) is 24.1 Å². The van der Waals surface area contributed by atoms with Gasteiger partial charge >= 0.3 is 0 Å². The van der Waals surface area contributed by atoms with Gasteiger partial charge in [0.2, 0.25) is 11.8 Å². The minimum atomic E-state index is -0.336. The van der Waals surface area contributed by atoms with E-state index in [2.05, 4.69) is 15.5 Å². The molecule has 0 spiro atoms. The highest BCUT2D eigenvalue weighted by atomic mass is 16.6. The zero-order chi connectivity index (χ0) is 18.0. The summed E-state index contributed by atoms with van der Waals surface area (Å²) in [7, 11) is 0. The highest BCUT2D eigenvalue weighted by molar-refractivity contribution is 5.77. The first-order valence-corrected chi connectivity index (χ1v) is 9.15. The number of nitrogens with one attached hydrogen (secondary N) is 1. The van der Waals surface area contributed by atoms with Gasteiger partial charge in [-0.3, -0.25) is 4.79 Å². The molecule has 0 bridgehead atoms. The van der Waals surface area contributed by atoms with Crippen LogP contribution in [0.15, 0.2) is 22.7 Å². The molecular weight excluding hydrogens is 334 g/mol. The fourth-order valence-electron chi connectivity index (χ4n) is 3.80. The number of carbonyl (C=O) groups is 1. The first-order valence-electron chi connectivity index (χ1n) is 9.15. The molecular formula is C19H23N3O4. The molecule has 0 unspecified atom stereocenters. The second kappa shape index (κ2) is 6.97. The number of hydrogen-bond acceptors (Lipinski definition) is 6. The Morgan fingerprint density at radius 2 is 1.96 bits per heavy atom. The number of aromatic nitrogens is 2. The quantitative estimate of drug-likeness (QED) is 0.885. The molecule has 7 heteroatoms. The van der Waals surface area contributed by atoms with Crippen molar-refractivity contribution in [3.63, 3.8) is 0 Å². The molecule has 1 aromatic carbocycles. The van der Waals surface area contributed by atoms with Crippen molar-refractivity contribution >= 4 is 5.91 Å². The number of ether oxygens (including phenoxy) is 2. The molecule has 2 aliphatic rings. The molecule has 0 radical (unpaired) electrons. The standard InChI is InChI=1S/C19H23N3O4/c1-13-20-18(26-22-13)7-6-17(23)21-19(8-2-3-9-19)14-4-5-15-16(12-14)25-11-10-24-15/h4-5,12H,2-3,6-11H2,1H3,(H,21,23). The molecule has 1 fully saturated rings. The second-order valence-electron chi connectivity index (χ2n) is 6.93. The number of fused-ring (bicyclic) bond motifs is 1. The van der Waals surface area contributed by atoms with Crippen LogP contribution in [0.4, 0.5) is 0 Å². The number of benzene rings is 1. The number of rotatable bonds is 5. The SMILES string of the molecule is Cc1noc(CCC(=O)NC2(c3ccc4c(c3)OCCO4)CCCC2)n1. The number of hydrogen-bond donors (Lipinski definition) is 1. The Labute approximate surface area is 152 Å². The van der Waals surface area contributed by atoms with Crippen molar-refractivity contribution < 1.29 is 18.8 Å². The lowest BCUT2D eigenvalue weighted by molar-refractivity contribution is -0.123. The van der Waals surface area contributed by atoms with Crippen LogP contribution >= 0.6 is 0 Å². The van der Waals surface area contributed by atoms with Crippen LogP contribution in [0.2, 0.25) is 0 Å². The average Bonchev–Trinajstić information content (AvgIpc) is 3.29. The van der Waals surface area contributed by atoms with Gasteiger partial charge in [-0.2, -0.15) is 4.98 Å². The second-order valence-corrected chi connectivity index (χ2v) is 6.93. The van der Waals surface area contributed by atoms with Gasteiger partial charge in [0.05, 0.1) is 5.54 Å². The monoisotopic (exact) mass is 357 g/mol. The molecule has 1 N–H and O–H groups in total. The Balaban J connectivity index is 1.48. The fourth-order valence-corrected chi connectivity index (χ4v) is 3.80. The van der Waals surface area contributed by atoms with Gasteiger partial charge in [-0.05, 0) is 37.5 Å². The van der Waals surface area contributed by atoms with Crippen LogP contribution < -0.4 is 14.8 Å². The maximum atomic E-state index is 12.6. The van der Waals surface area contributed by atoms with E-state index in [-0.39, 0.29) is 11.4 Å². The smallest absolute Gasteiger partial charge is 0.227 e. The average molecular weight is 357 g/mol. The molecule has 26 heavy (non-hydrogen) atoms. The van der Waals surface area contributed by atoms with Crippen molar-refractivity contribution in [2.24, 2.45) is 0 Å². The van der Waals surface area contributed by atoms with E-state index in [1.807, 2.05) is 18.2 Å². The van der Waals surface area contributed by atoms with E-state index in [0.717, 1.165) is 42.7 Å². The summed E-state index contributed by atoms with van der Waals surface area (Å²) in [5.74, 6) is 2.61. The first-order chi connectivity index (χ1) is 12.6. The van der Waals surface area contributed by atoms with Crippen LogP contribution in [0.25, 0.3) is 0 Å². The van der Waals surface area contributed by atoms with Crippen LogP contribution in [0.3, 0.4) is 0 Å². The summed E-state index contributed by atoms with van der Waals surface area (Å²) in [6.07, 6.45) is 4.82. The number of nitrogens with zero attached hydrogens (tertiary/aromatic N) is 2. The summed E-state index contributed by atoms with van der Waals surface area (Å²) in [5, 5.41) is 7.02. The fraction of sp³-hybridized carbons (Fsp3) is 0.526. The summed E-state index contributed by atoms with van der Waals surface area (Å²) < 4.78 is 16.4. The molecule has 0 atom stereocenters. The Morgan fingerprint density at radius 3 is 2.69 bits per heavy atom. The van der Waals surface area contributed by atoms with Crippen LogP contribution in [0, 0.1) is 6.92 Å². The van der Waals surface area contributed by atoms with Crippen molar-refractivity contribution in [2.75, 3.05) is 13.2 Å². The van der Waals surface area contributed by atoms with Crippen LogP contribution in [0.5, 0.6) is 11.5 Å². The van der Waals surface area contributed by atoms with E-state index in [1.54, 1.807) is 6.92 Å². The molecule has 1 saturated carbocycles. The van der Waals surface area contributed by atoms with Gasteiger partial charge in [-0.25, -0.2) is 0 Å². The van der Waals surface area contributed by atoms with E-state index in [4.69, 9.17) is 14.0 Å². The van der Waals surface area contributed by atoms with E-state index in [9.17, 15) is 4.79 Å². The van der Waals surface area contributed by atoms with Crippen molar-refractivity contribution in [3.8, 4) is 11.5 Å². The lowest BCUT2D eigenvalue weighted by Crippen LogP contribution is -2.44. The summed E-state index contributed by atoms with van der Waals surface area (Å²) in [6.45, 7) is 2.89. The highest BCUT2D eigenvalue weighted by Gasteiger charge is 2.37. The van der Waals surface area contributed by atoms with Gasteiger partial charge in [0.15, 0.2) is 17.3 Å². The van der Waals surface area contributed by atoms with Gasteiger partial charge in [0, 0.05) is 12.8 Å². The van der Waals surface area contributed by atoms with Gasteiger partial charge in [0.1, 0.15) is 13.2 Å². The lowest BCUT2D eigenvalue weighted by Gasteiger charge is -2.32. The van der Waals surface area contributed by atoms with Crippen molar-refractivity contribution in [2.45, 2.75) is 51.0 Å². The number of amides is 1. The largest absolute Gasteiger partial charge is 0.486 e. The highest BCUT2D eigenvalue weighted by Crippen LogP contribution is 2.42. The predicted molar refractivity (Wildman–Crippen MR) is 93.1 cm³/mol. The molecule has 2 heterocycles. The molecule has 4 rings (SSSR count). The first kappa shape index (κ1) is 16.9. The predicted octanol–water partition coefficient (Wildman–Crippen LogP) is 2.67. The summed E-state index contributed by atoms with van der Waals surface area (Å²) in [5.41, 5.74) is 0.749. The lowest BCUT2D eigenvalue weighted by atomic mass is 9.87. The number of aryl methyl sites for hydroxylation is 2. The molecule has 1 aliphatic carbocycles. The van der Waals surface area contributed by atoms with Gasteiger partial charge in [0.25, 0.3) is 0 Å². The molecule has 1 aliphatic heterocycles. The van der Waals surface area contributed by atoms with E-state index in [1.165, 1.54) is 0 Å². The minimum Gasteiger partial charge on any atom is -0.486 e. The van der Waals surface area contributed by atoms with E-state index >= 15 is 0 Å². The Kier molecular flexibility index (Phi) is 4.53. The van der Waals surface area contributed by atoms with Crippen LogP contribution in [-0.2, 0) is 16.8 Å². The summed E-state index contributed by atoms with van der Waals surface area (Å²) in [4.78, 5) is 16.7. The molecule has 1 aromatic heterocycles. The third kappa shape index (κ3) is 3.38.